The maximum absolute atomic E-state index is 5.18. The summed E-state index contributed by atoms with van der Waals surface area (Å²) in [6, 6.07) is 4.60. The maximum atomic E-state index is 5.18. The Labute approximate surface area is 121 Å². The van der Waals surface area contributed by atoms with E-state index in [9.17, 15) is 0 Å². The summed E-state index contributed by atoms with van der Waals surface area (Å²) in [7, 11) is 1.75. The lowest BCUT2D eigenvalue weighted by Crippen LogP contribution is -2.29. The highest BCUT2D eigenvalue weighted by Crippen LogP contribution is 2.20. The summed E-state index contributed by atoms with van der Waals surface area (Å²) < 4.78 is 5.18. The number of nitrogens with zero attached hydrogens (tertiary/aromatic N) is 2. The number of nitrogens with one attached hydrogen (secondary N) is 1. The molecular weight excluding hydrogens is 250 g/mol. The summed E-state index contributed by atoms with van der Waals surface area (Å²) in [5.41, 5.74) is 3.70. The van der Waals surface area contributed by atoms with E-state index in [0.29, 0.717) is 6.04 Å². The van der Waals surface area contributed by atoms with Crippen molar-refractivity contribution in [1.29, 1.82) is 0 Å². The van der Waals surface area contributed by atoms with Crippen LogP contribution in [0.25, 0.3) is 0 Å². The van der Waals surface area contributed by atoms with E-state index in [-0.39, 0.29) is 0 Å². The van der Waals surface area contributed by atoms with Crippen molar-refractivity contribution in [2.24, 2.45) is 0 Å². The van der Waals surface area contributed by atoms with E-state index in [1.807, 2.05) is 6.20 Å². The third kappa shape index (κ3) is 3.81. The zero-order chi connectivity index (χ0) is 14.4. The van der Waals surface area contributed by atoms with Gasteiger partial charge < -0.3 is 15.0 Å². The van der Waals surface area contributed by atoms with E-state index in [1.165, 1.54) is 11.3 Å². The molecule has 0 amide bonds. The van der Waals surface area contributed by atoms with Crippen LogP contribution in [0.5, 0.6) is 0 Å². The van der Waals surface area contributed by atoms with Crippen LogP contribution in [-0.2, 0) is 4.74 Å². The summed E-state index contributed by atoms with van der Waals surface area (Å²) in [6.45, 7) is 7.96. The van der Waals surface area contributed by atoms with Crippen LogP contribution in [0, 0.1) is 0 Å². The lowest BCUT2D eigenvalue weighted by Gasteiger charge is -2.28. The second-order valence-electron chi connectivity index (χ2n) is 5.21. The van der Waals surface area contributed by atoms with Gasteiger partial charge in [0, 0.05) is 26.2 Å². The number of hydrogen-bond acceptors (Lipinski definition) is 4. The van der Waals surface area contributed by atoms with Crippen molar-refractivity contribution in [3.63, 3.8) is 0 Å². The average Bonchev–Trinajstić information content (AvgIpc) is 2.49. The van der Waals surface area contributed by atoms with Crippen molar-refractivity contribution in [2.45, 2.75) is 26.3 Å². The quantitative estimate of drug-likeness (QED) is 0.810. The molecule has 0 radical (unpaired) electrons. The number of ether oxygens (including phenoxy) is 1. The molecule has 1 unspecified atom stereocenters. The van der Waals surface area contributed by atoms with Gasteiger partial charge >= 0.3 is 0 Å². The van der Waals surface area contributed by atoms with E-state index in [4.69, 9.17) is 4.74 Å². The van der Waals surface area contributed by atoms with Gasteiger partial charge in [0.2, 0.25) is 0 Å². The van der Waals surface area contributed by atoms with Crippen LogP contribution in [0.4, 0.5) is 5.69 Å². The van der Waals surface area contributed by atoms with E-state index >= 15 is 0 Å². The van der Waals surface area contributed by atoms with Gasteiger partial charge in [0.1, 0.15) is 0 Å². The predicted molar refractivity (Wildman–Crippen MR) is 83.1 cm³/mol. The molecule has 1 aromatic heterocycles. The van der Waals surface area contributed by atoms with Crippen LogP contribution in [-0.4, -0.2) is 38.3 Å². The van der Waals surface area contributed by atoms with Gasteiger partial charge in [-0.05, 0) is 37.6 Å². The summed E-state index contributed by atoms with van der Waals surface area (Å²) >= 11 is 0. The topological polar surface area (TPSA) is 37.4 Å². The average molecular weight is 275 g/mol. The standard InChI is InChI=1S/C16H25N3O/c1-4-17-13(2)16-6-5-15(11-18-16)19-9-7-14(8-10-19)12-20-3/h5-7,11,13,17H,4,8-10,12H2,1-3H3. The molecule has 0 bridgehead atoms. The molecule has 20 heavy (non-hydrogen) atoms. The van der Waals surface area contributed by atoms with Gasteiger partial charge in [-0.2, -0.15) is 0 Å². The lowest BCUT2D eigenvalue weighted by molar-refractivity contribution is 0.222. The molecule has 1 aliphatic rings. The monoisotopic (exact) mass is 275 g/mol. The molecule has 2 rings (SSSR count). The Morgan fingerprint density at radius 3 is 2.85 bits per heavy atom. The first-order valence-electron chi connectivity index (χ1n) is 7.35. The fourth-order valence-corrected chi connectivity index (χ4v) is 2.51. The summed E-state index contributed by atoms with van der Waals surface area (Å²) in [5, 5.41) is 3.38. The molecule has 2 heterocycles. The number of pyridine rings is 1. The Kier molecular flexibility index (Phi) is 5.56. The van der Waals surface area contributed by atoms with Gasteiger partial charge in [-0.15, -0.1) is 0 Å². The van der Waals surface area contributed by atoms with Gasteiger partial charge in [0.05, 0.1) is 24.2 Å². The first kappa shape index (κ1) is 15.0. The van der Waals surface area contributed by atoms with Crippen molar-refractivity contribution in [2.75, 3.05) is 38.3 Å². The molecule has 0 fully saturated rings. The number of rotatable bonds is 6. The van der Waals surface area contributed by atoms with Crippen LogP contribution in [0.1, 0.15) is 32.0 Å². The molecule has 0 aliphatic carbocycles. The molecule has 0 spiro atoms. The predicted octanol–water partition coefficient (Wildman–Crippen LogP) is 2.54. The molecule has 1 atom stereocenters. The van der Waals surface area contributed by atoms with E-state index in [2.05, 4.69) is 47.3 Å². The van der Waals surface area contributed by atoms with Crippen molar-refractivity contribution >= 4 is 5.69 Å². The first-order valence-corrected chi connectivity index (χ1v) is 7.35. The van der Waals surface area contributed by atoms with E-state index < -0.39 is 0 Å². The van der Waals surface area contributed by atoms with Crippen LogP contribution in [0.3, 0.4) is 0 Å². The molecule has 1 N–H and O–H groups in total. The molecule has 0 saturated carbocycles. The third-order valence-corrected chi connectivity index (χ3v) is 3.72. The third-order valence-electron chi connectivity index (χ3n) is 3.72. The highest BCUT2D eigenvalue weighted by atomic mass is 16.5. The van der Waals surface area contributed by atoms with Gasteiger partial charge in [-0.25, -0.2) is 0 Å². The highest BCUT2D eigenvalue weighted by Gasteiger charge is 2.13. The lowest BCUT2D eigenvalue weighted by atomic mass is 10.1. The maximum Gasteiger partial charge on any atom is 0.0674 e. The summed E-state index contributed by atoms with van der Waals surface area (Å²) in [4.78, 5) is 6.93. The Morgan fingerprint density at radius 2 is 2.30 bits per heavy atom. The molecule has 4 heteroatoms. The number of anilines is 1. The number of aromatic nitrogens is 1. The minimum absolute atomic E-state index is 0.309. The Morgan fingerprint density at radius 1 is 1.45 bits per heavy atom. The normalized spacial score (nSPS) is 16.9. The van der Waals surface area contributed by atoms with Crippen molar-refractivity contribution < 1.29 is 4.74 Å². The second kappa shape index (κ2) is 7.41. The Bertz CT molecular complexity index is 442. The van der Waals surface area contributed by atoms with Crippen LogP contribution in [0.15, 0.2) is 30.0 Å². The number of methoxy groups -OCH3 is 1. The SMILES string of the molecule is CCNC(C)c1ccc(N2CC=C(COC)CC2)cn1. The minimum atomic E-state index is 0.309. The Hall–Kier alpha value is -1.39. The van der Waals surface area contributed by atoms with Gasteiger partial charge in [-0.1, -0.05) is 13.0 Å². The molecule has 1 aromatic rings. The van der Waals surface area contributed by atoms with Crippen LogP contribution in [0.2, 0.25) is 0 Å². The molecule has 1 aliphatic heterocycles. The van der Waals surface area contributed by atoms with Gasteiger partial charge in [0.15, 0.2) is 0 Å². The highest BCUT2D eigenvalue weighted by molar-refractivity contribution is 5.46. The van der Waals surface area contributed by atoms with Gasteiger partial charge in [0.25, 0.3) is 0 Å². The smallest absolute Gasteiger partial charge is 0.0674 e. The fraction of sp³-hybridized carbons (Fsp3) is 0.562. The molecule has 110 valence electrons. The summed E-state index contributed by atoms with van der Waals surface area (Å²) in [5.74, 6) is 0. The summed E-state index contributed by atoms with van der Waals surface area (Å²) in [6.07, 6.45) is 5.32. The first-order chi connectivity index (χ1) is 9.74. The van der Waals surface area contributed by atoms with Crippen molar-refractivity contribution in [3.8, 4) is 0 Å². The van der Waals surface area contributed by atoms with Crippen LogP contribution < -0.4 is 10.2 Å². The van der Waals surface area contributed by atoms with E-state index in [0.717, 1.165) is 38.4 Å². The molecular formula is C16H25N3O. The van der Waals surface area contributed by atoms with Crippen molar-refractivity contribution in [3.05, 3.63) is 35.7 Å². The minimum Gasteiger partial charge on any atom is -0.380 e. The number of hydrogen-bond donors (Lipinski definition) is 1. The van der Waals surface area contributed by atoms with Crippen molar-refractivity contribution in [1.82, 2.24) is 10.3 Å². The molecule has 4 nitrogen and oxygen atoms in total. The second-order valence-corrected chi connectivity index (χ2v) is 5.21. The van der Waals surface area contributed by atoms with Gasteiger partial charge in [-0.3, -0.25) is 4.98 Å². The fourth-order valence-electron chi connectivity index (χ4n) is 2.51. The zero-order valence-corrected chi connectivity index (χ0v) is 12.7. The molecule has 0 aromatic carbocycles. The zero-order valence-electron chi connectivity index (χ0n) is 12.7. The Balaban J connectivity index is 1.97. The molecule has 0 saturated heterocycles. The largest absolute Gasteiger partial charge is 0.380 e. The van der Waals surface area contributed by atoms with E-state index in [1.54, 1.807) is 7.11 Å². The van der Waals surface area contributed by atoms with Crippen LogP contribution >= 0.6 is 0 Å².